The Bertz CT molecular complexity index is 841. The van der Waals surface area contributed by atoms with Gasteiger partial charge in [0.25, 0.3) is 0 Å². The fraction of sp³-hybridized carbons (Fsp3) is 0.471. The highest BCUT2D eigenvalue weighted by Gasteiger charge is 2.29. The number of hydrogen-bond acceptors (Lipinski definition) is 4. The van der Waals surface area contributed by atoms with Crippen LogP contribution in [0.5, 0.6) is 0 Å². The highest BCUT2D eigenvalue weighted by Crippen LogP contribution is 2.27. The smallest absolute Gasteiger partial charge is 0.417 e. The fourth-order valence-electron chi connectivity index (χ4n) is 2.17. The fourth-order valence-corrected chi connectivity index (χ4v) is 2.99. The first kappa shape index (κ1) is 22.1. The molecule has 1 heterocycles. The summed E-state index contributed by atoms with van der Waals surface area (Å²) in [5.74, 6) is 0.0112. The van der Waals surface area contributed by atoms with Crippen molar-refractivity contribution in [1.82, 2.24) is 9.97 Å². The van der Waals surface area contributed by atoms with Crippen LogP contribution in [-0.2, 0) is 4.74 Å². The highest BCUT2D eigenvalue weighted by atomic mass is 127. The molecule has 0 radical (unpaired) electrons. The minimum absolute atomic E-state index is 0.0112. The minimum Gasteiger partial charge on any atom is -0.443 e. The molecule has 0 unspecified atom stereocenters. The number of rotatable bonds is 4. The van der Waals surface area contributed by atoms with E-state index < -0.39 is 24.3 Å². The molecule has 5 nitrogen and oxygen atoms in total. The molecule has 0 spiro atoms. The third-order valence-electron chi connectivity index (χ3n) is 3.31. The summed E-state index contributed by atoms with van der Waals surface area (Å²) in [5.41, 5.74) is -0.215. The van der Waals surface area contributed by atoms with Crippen LogP contribution in [0.25, 0.3) is 10.9 Å². The number of benzene rings is 1. The van der Waals surface area contributed by atoms with E-state index in [4.69, 9.17) is 4.74 Å². The normalized spacial score (nSPS) is 12.3. The number of fused-ring (bicyclic) bond motifs is 1. The summed E-state index contributed by atoms with van der Waals surface area (Å²) >= 11 is 5.55. The molecule has 0 aliphatic rings. The predicted octanol–water partition coefficient (Wildman–Crippen LogP) is 6.08. The van der Waals surface area contributed by atoms with E-state index in [1.807, 2.05) is 6.07 Å². The quantitative estimate of drug-likeness (QED) is 0.426. The third-order valence-corrected chi connectivity index (χ3v) is 5.60. The second kappa shape index (κ2) is 8.46. The molecule has 1 amide bonds. The zero-order valence-electron chi connectivity index (χ0n) is 14.9. The number of carbonyl (C=O) groups is 1. The van der Waals surface area contributed by atoms with Crippen LogP contribution in [-0.4, -0.2) is 34.4 Å². The number of alkyl halides is 3. The summed E-state index contributed by atoms with van der Waals surface area (Å²) in [6.07, 6.45) is -4.84. The van der Waals surface area contributed by atoms with Gasteiger partial charge in [0.15, 0.2) is 0 Å². The molecule has 27 heavy (non-hydrogen) atoms. The van der Waals surface area contributed by atoms with E-state index in [1.165, 1.54) is 6.20 Å². The van der Waals surface area contributed by atoms with Gasteiger partial charge in [-0.2, -0.15) is 13.2 Å². The molecule has 0 fully saturated rings. The first-order valence-electron chi connectivity index (χ1n) is 8.05. The standard InChI is InChI=1S/C17H18BrF3IN3O2/c1-16(2,3)27-15(26)25(6-4-5-17(19,20)21)14-23-9-10-7-11(18)12(22)8-13(10)24-14/h7-9H,4-6H2,1-3H3. The van der Waals surface area contributed by atoms with Gasteiger partial charge >= 0.3 is 12.3 Å². The zero-order valence-corrected chi connectivity index (χ0v) is 18.6. The SMILES string of the molecule is CC(C)(C)OC(=O)N(CCCC(F)(F)F)c1ncc2cc(Br)c(I)cc2n1. The van der Waals surface area contributed by atoms with Gasteiger partial charge in [-0.3, -0.25) is 0 Å². The lowest BCUT2D eigenvalue weighted by Gasteiger charge is -2.26. The van der Waals surface area contributed by atoms with E-state index in [2.05, 4.69) is 48.5 Å². The van der Waals surface area contributed by atoms with Crippen LogP contribution in [0.4, 0.5) is 23.9 Å². The van der Waals surface area contributed by atoms with E-state index in [-0.39, 0.29) is 18.9 Å². The van der Waals surface area contributed by atoms with Crippen LogP contribution in [0.1, 0.15) is 33.6 Å². The van der Waals surface area contributed by atoms with E-state index in [9.17, 15) is 18.0 Å². The average molecular weight is 560 g/mol. The van der Waals surface area contributed by atoms with E-state index >= 15 is 0 Å². The second-order valence-electron chi connectivity index (χ2n) is 6.85. The molecular weight excluding hydrogens is 542 g/mol. The van der Waals surface area contributed by atoms with Crippen LogP contribution < -0.4 is 4.90 Å². The predicted molar refractivity (Wildman–Crippen MR) is 109 cm³/mol. The molecule has 1 aromatic heterocycles. The summed E-state index contributed by atoms with van der Waals surface area (Å²) in [6, 6.07) is 3.64. The number of carbonyl (C=O) groups excluding carboxylic acids is 1. The summed E-state index contributed by atoms with van der Waals surface area (Å²) < 4.78 is 44.6. The van der Waals surface area contributed by atoms with Gasteiger partial charge in [0.1, 0.15) is 5.60 Å². The summed E-state index contributed by atoms with van der Waals surface area (Å²) in [7, 11) is 0. The average Bonchev–Trinajstić information content (AvgIpc) is 2.49. The van der Waals surface area contributed by atoms with Crippen molar-refractivity contribution in [3.05, 3.63) is 26.4 Å². The molecule has 0 bridgehead atoms. The van der Waals surface area contributed by atoms with E-state index in [0.29, 0.717) is 5.52 Å². The minimum atomic E-state index is -4.30. The molecule has 0 saturated heterocycles. The number of hydrogen-bond donors (Lipinski definition) is 0. The Labute approximate surface area is 176 Å². The molecule has 148 valence electrons. The Hall–Kier alpha value is -1.17. The van der Waals surface area contributed by atoms with Gasteiger partial charge in [-0.15, -0.1) is 0 Å². The molecule has 0 N–H and O–H groups in total. The third kappa shape index (κ3) is 6.74. The molecule has 0 aliphatic heterocycles. The number of halogens is 5. The van der Waals surface area contributed by atoms with Gasteiger partial charge in [0.05, 0.1) is 5.52 Å². The summed E-state index contributed by atoms with van der Waals surface area (Å²) in [6.45, 7) is 4.84. The molecule has 0 saturated carbocycles. The van der Waals surface area contributed by atoms with Crippen molar-refractivity contribution in [3.63, 3.8) is 0 Å². The first-order chi connectivity index (χ1) is 12.4. The topological polar surface area (TPSA) is 55.3 Å². The monoisotopic (exact) mass is 559 g/mol. The second-order valence-corrected chi connectivity index (χ2v) is 8.86. The molecular formula is C17H18BrF3IN3O2. The Balaban J connectivity index is 2.34. The largest absolute Gasteiger partial charge is 0.443 e. The first-order valence-corrected chi connectivity index (χ1v) is 9.92. The van der Waals surface area contributed by atoms with Gasteiger partial charge < -0.3 is 4.74 Å². The van der Waals surface area contributed by atoms with Crippen LogP contribution in [0.15, 0.2) is 22.8 Å². The van der Waals surface area contributed by atoms with Gasteiger partial charge in [-0.1, -0.05) is 0 Å². The molecule has 0 atom stereocenters. The van der Waals surface area contributed by atoms with Crippen LogP contribution in [0.2, 0.25) is 0 Å². The van der Waals surface area contributed by atoms with Crippen molar-refractivity contribution in [2.24, 2.45) is 0 Å². The van der Waals surface area contributed by atoms with Gasteiger partial charge in [-0.25, -0.2) is 19.7 Å². The summed E-state index contributed by atoms with van der Waals surface area (Å²) in [5, 5.41) is 0.741. The molecule has 2 aromatic rings. The van der Waals surface area contributed by atoms with Crippen molar-refractivity contribution in [2.45, 2.75) is 45.4 Å². The number of anilines is 1. The van der Waals surface area contributed by atoms with Gasteiger partial charge in [-0.05, 0) is 77.8 Å². The number of nitrogens with zero attached hydrogens (tertiary/aromatic N) is 3. The lowest BCUT2D eigenvalue weighted by Crippen LogP contribution is -2.38. The molecule has 0 aliphatic carbocycles. The van der Waals surface area contributed by atoms with Crippen molar-refractivity contribution < 1.29 is 22.7 Å². The lowest BCUT2D eigenvalue weighted by atomic mass is 10.2. The Morgan fingerprint density at radius 3 is 2.56 bits per heavy atom. The van der Waals surface area contributed by atoms with Crippen molar-refractivity contribution in [2.75, 3.05) is 11.4 Å². The number of aromatic nitrogens is 2. The number of ether oxygens (including phenoxy) is 1. The maximum Gasteiger partial charge on any atom is 0.417 e. The van der Waals surface area contributed by atoms with Gasteiger partial charge in [0.2, 0.25) is 5.95 Å². The van der Waals surface area contributed by atoms with Gasteiger partial charge in [0, 0.05) is 32.6 Å². The van der Waals surface area contributed by atoms with Crippen LogP contribution >= 0.6 is 38.5 Å². The molecule has 1 aromatic carbocycles. The number of amides is 1. The van der Waals surface area contributed by atoms with Crippen molar-refractivity contribution in [1.29, 1.82) is 0 Å². The summed E-state index contributed by atoms with van der Waals surface area (Å²) in [4.78, 5) is 22.1. The maximum atomic E-state index is 12.5. The molecule has 2 rings (SSSR count). The zero-order chi connectivity index (χ0) is 20.4. The lowest BCUT2D eigenvalue weighted by molar-refractivity contribution is -0.135. The molecule has 10 heteroatoms. The maximum absolute atomic E-state index is 12.5. The highest BCUT2D eigenvalue weighted by molar-refractivity contribution is 14.1. The van der Waals surface area contributed by atoms with Crippen LogP contribution in [0, 0.1) is 3.57 Å². The Morgan fingerprint density at radius 1 is 1.30 bits per heavy atom. The van der Waals surface area contributed by atoms with Crippen molar-refractivity contribution in [3.8, 4) is 0 Å². The Morgan fingerprint density at radius 2 is 1.96 bits per heavy atom. The van der Waals surface area contributed by atoms with Crippen molar-refractivity contribution >= 4 is 61.5 Å². The Kier molecular flexibility index (Phi) is 6.93. The van der Waals surface area contributed by atoms with Crippen LogP contribution in [0.3, 0.4) is 0 Å². The van der Waals surface area contributed by atoms with E-state index in [1.54, 1.807) is 26.8 Å². The van der Waals surface area contributed by atoms with E-state index in [0.717, 1.165) is 18.3 Å².